The highest BCUT2D eigenvalue weighted by Crippen LogP contribution is 2.44. The largest absolute Gasteiger partial charge is 0.241 e. The maximum atomic E-state index is 5.01. The SMILES string of the molecule is c1ccc(-c2ccc(-c3nc(-c4ccccc4)nc(-c4cccc(-c5ccc6sc7c8ccccc8nnc7c6c5)c4)n3)cc2)cc1.c1ccc(-c2ccc(-c3nc(-c4ccccc4)nc(-c4cccc(-c5ncnc6c5sc5nc7ccccc7nc56)c4)n3)cc2)cc1.c1ccc(-c2ccc(-c3nc(-c4ccccc4)nc(-c4cccc(-c5nnnc6c5sc5nc7ccccc7cc56)c4)n3)cc2)cc1. The number of pyridine rings is 1. The number of fused-ring (bicyclic) bond motifs is 13. The Balaban J connectivity index is 0.000000111. The lowest BCUT2D eigenvalue weighted by molar-refractivity contribution is 0.904. The summed E-state index contributed by atoms with van der Waals surface area (Å²) >= 11 is 4.90. The molecule has 0 amide bonds. The molecule has 19 nitrogen and oxygen atoms in total. The lowest BCUT2D eigenvalue weighted by atomic mass is 10.0. The van der Waals surface area contributed by atoms with Crippen LogP contribution in [0.15, 0.2) is 431 Å². The van der Waals surface area contributed by atoms with E-state index in [0.29, 0.717) is 52.4 Å². The molecule has 22 heteroatoms. The van der Waals surface area contributed by atoms with Crippen LogP contribution in [-0.2, 0) is 0 Å². The zero-order valence-corrected chi connectivity index (χ0v) is 77.2. The van der Waals surface area contributed by atoms with E-state index in [1.165, 1.54) is 15.0 Å². The van der Waals surface area contributed by atoms with E-state index in [2.05, 4.69) is 237 Å². The molecule has 11 heterocycles. The topological polar surface area (TPSA) is 245 Å². The van der Waals surface area contributed by atoms with Crippen LogP contribution in [0.4, 0.5) is 0 Å². The van der Waals surface area contributed by atoms with E-state index in [-0.39, 0.29) is 0 Å². The molecule has 0 radical (unpaired) electrons. The summed E-state index contributed by atoms with van der Waals surface area (Å²) in [5.41, 5.74) is 27.5. The van der Waals surface area contributed by atoms with Crippen LogP contribution in [0.3, 0.4) is 0 Å². The average Bonchev–Trinajstić information content (AvgIpc) is 1.61. The summed E-state index contributed by atoms with van der Waals surface area (Å²) < 4.78 is 4.24. The molecule has 0 spiro atoms. The molecule has 11 aromatic heterocycles. The molecule has 141 heavy (non-hydrogen) atoms. The fourth-order valence-corrected chi connectivity index (χ4v) is 20.9. The van der Waals surface area contributed by atoms with Gasteiger partial charge in [-0.15, -0.1) is 54.4 Å². The first-order chi connectivity index (χ1) is 69.8. The third-order valence-electron chi connectivity index (χ3n) is 24.7. The van der Waals surface area contributed by atoms with Crippen molar-refractivity contribution in [1.29, 1.82) is 0 Å². The van der Waals surface area contributed by atoms with Crippen LogP contribution in [0.2, 0.25) is 0 Å². The molecule has 0 atom stereocenters. The number of benzene rings is 16. The molecule has 0 aliphatic heterocycles. The zero-order chi connectivity index (χ0) is 93.5. The fraction of sp³-hybridized carbons (Fsp3) is 0. The van der Waals surface area contributed by atoms with Crippen LogP contribution in [0.5, 0.6) is 0 Å². The van der Waals surface area contributed by atoms with Gasteiger partial charge in [-0.1, -0.05) is 364 Å². The molecular weight excluding hydrogens is 1790 g/mol. The highest BCUT2D eigenvalue weighted by Gasteiger charge is 2.24. The van der Waals surface area contributed by atoms with Gasteiger partial charge in [-0.25, -0.2) is 69.8 Å². The van der Waals surface area contributed by atoms with Gasteiger partial charge in [0.25, 0.3) is 0 Å². The molecule has 0 fully saturated rings. The van der Waals surface area contributed by atoms with Gasteiger partial charge in [-0.2, -0.15) is 0 Å². The molecule has 660 valence electrons. The normalized spacial score (nSPS) is 11.4. The first-order valence-corrected chi connectivity index (χ1v) is 48.2. The van der Waals surface area contributed by atoms with E-state index in [1.54, 1.807) is 40.3 Å². The summed E-state index contributed by atoms with van der Waals surface area (Å²) in [5, 5.41) is 26.5. The highest BCUT2D eigenvalue weighted by atomic mass is 32.1. The summed E-state index contributed by atoms with van der Waals surface area (Å²) in [7, 11) is 0. The molecule has 0 aliphatic carbocycles. The van der Waals surface area contributed by atoms with Gasteiger partial charge in [-0.3, -0.25) is 0 Å². The number of para-hydroxylation sites is 3. The number of aromatic nitrogens is 19. The van der Waals surface area contributed by atoms with Gasteiger partial charge in [-0.05, 0) is 110 Å². The first-order valence-electron chi connectivity index (χ1n) is 45.7. The Labute approximate surface area is 818 Å². The second-order valence-electron chi connectivity index (χ2n) is 33.6. The minimum atomic E-state index is 0.574. The summed E-state index contributed by atoms with van der Waals surface area (Å²) in [5.74, 6) is 5.49. The number of hydrogen-bond donors (Lipinski definition) is 0. The molecule has 0 aliphatic rings. The van der Waals surface area contributed by atoms with Crippen LogP contribution >= 0.6 is 34.0 Å². The number of hydrogen-bond acceptors (Lipinski definition) is 22. The van der Waals surface area contributed by atoms with Gasteiger partial charge in [0.15, 0.2) is 52.4 Å². The van der Waals surface area contributed by atoms with E-state index < -0.39 is 0 Å². The molecule has 0 unspecified atom stereocenters. The average molecular weight is 1860 g/mol. The van der Waals surface area contributed by atoms with Gasteiger partial charge < -0.3 is 0 Å². The van der Waals surface area contributed by atoms with Gasteiger partial charge in [0.1, 0.15) is 43.7 Å². The van der Waals surface area contributed by atoms with Crippen LogP contribution in [-0.4, -0.2) is 95.4 Å². The van der Waals surface area contributed by atoms with Gasteiger partial charge in [0.2, 0.25) is 0 Å². The van der Waals surface area contributed by atoms with Gasteiger partial charge in [0.05, 0.1) is 41.9 Å². The molecule has 27 aromatic rings. The van der Waals surface area contributed by atoms with Crippen molar-refractivity contribution in [3.63, 3.8) is 0 Å². The Morgan fingerprint density at radius 2 is 0.504 bits per heavy atom. The van der Waals surface area contributed by atoms with E-state index in [4.69, 9.17) is 64.8 Å². The quantitative estimate of drug-likeness (QED) is 0.0925. The van der Waals surface area contributed by atoms with Crippen molar-refractivity contribution >= 4 is 128 Å². The van der Waals surface area contributed by atoms with Crippen molar-refractivity contribution in [1.82, 2.24) is 95.4 Å². The second-order valence-corrected chi connectivity index (χ2v) is 36.7. The maximum absolute atomic E-state index is 5.01. The Kier molecular flexibility index (Phi) is 22.0. The van der Waals surface area contributed by atoms with Crippen LogP contribution in [0.25, 0.3) is 264 Å². The number of nitrogens with zero attached hydrogens (tertiary/aromatic N) is 19. The first kappa shape index (κ1) is 84.2. The third-order valence-corrected chi connectivity index (χ3v) is 28.0. The van der Waals surface area contributed by atoms with Crippen LogP contribution in [0.1, 0.15) is 0 Å². The smallest absolute Gasteiger partial charge is 0.164 e. The molecule has 0 saturated heterocycles. The van der Waals surface area contributed by atoms with Crippen molar-refractivity contribution in [3.05, 3.63) is 431 Å². The maximum Gasteiger partial charge on any atom is 0.164 e. The Hall–Kier alpha value is -18.6. The highest BCUT2D eigenvalue weighted by molar-refractivity contribution is 7.27. The van der Waals surface area contributed by atoms with Crippen molar-refractivity contribution in [3.8, 4) is 170 Å². The zero-order valence-electron chi connectivity index (χ0n) is 74.7. The molecule has 27 rings (SSSR count). The van der Waals surface area contributed by atoms with Crippen molar-refractivity contribution < 1.29 is 0 Å². The number of thiophene rings is 3. The third kappa shape index (κ3) is 16.9. The summed E-state index contributed by atoms with van der Waals surface area (Å²) in [4.78, 5) is 70.4. The minimum absolute atomic E-state index is 0.574. The monoisotopic (exact) mass is 1860 g/mol. The second kappa shape index (κ2) is 36.9. The summed E-state index contributed by atoms with van der Waals surface area (Å²) in [6.45, 7) is 0. The molecule has 0 saturated carbocycles. The van der Waals surface area contributed by atoms with Gasteiger partial charge >= 0.3 is 0 Å². The standard InChI is InChI=1S/C41H25N5S.2C39H23N7S/c1-3-10-26(11-4-1)27-18-20-29(21-19-27)40-42-39(28-12-5-2-6-13-28)43-41(44-40)32-15-9-14-30(24-32)31-22-23-36-34(25-31)37-38(47-36)33-16-7-8-17-35(33)45-46-37;1-3-10-24(11-4-1)25-18-20-27(21-19-25)37-44-36(26-12-5-2-6-13-26)45-38(46-37)29-15-9-14-28(22-29)32-35-33(41-23-40-32)34-39(47-35)43-31-17-8-7-16-30(31)42-34;1-3-10-24(11-4-1)25-18-20-27(21-19-25)37-41-36(26-12-5-2-6-13-26)42-38(43-37)30-16-9-15-29(22-30)33-35-34(45-46-44-33)31-23-28-14-7-8-17-32(28)40-39(31)47-35/h1-25H;2*1-23H. The lowest BCUT2D eigenvalue weighted by Crippen LogP contribution is -2.00. The van der Waals surface area contributed by atoms with E-state index in [0.717, 1.165) is 196 Å². The Morgan fingerprint density at radius 3 is 1.00 bits per heavy atom. The Bertz CT molecular complexity index is 9060. The lowest BCUT2D eigenvalue weighted by Gasteiger charge is -2.10. The predicted molar refractivity (Wildman–Crippen MR) is 570 cm³/mol. The minimum Gasteiger partial charge on any atom is -0.241 e. The molecule has 0 N–H and O–H groups in total. The number of rotatable bonds is 15. The van der Waals surface area contributed by atoms with Crippen LogP contribution in [0, 0.1) is 0 Å². The van der Waals surface area contributed by atoms with Crippen molar-refractivity contribution in [2.75, 3.05) is 0 Å². The Morgan fingerprint density at radius 1 is 0.163 bits per heavy atom. The summed E-state index contributed by atoms with van der Waals surface area (Å²) in [6.07, 6.45) is 1.60. The molecule has 16 aromatic carbocycles. The van der Waals surface area contributed by atoms with E-state index in [9.17, 15) is 0 Å². The molecule has 0 bridgehead atoms. The molecular formula is C119H71N19S3. The van der Waals surface area contributed by atoms with E-state index >= 15 is 0 Å². The predicted octanol–water partition coefficient (Wildman–Crippen LogP) is 29.1. The van der Waals surface area contributed by atoms with Crippen molar-refractivity contribution in [2.45, 2.75) is 0 Å². The van der Waals surface area contributed by atoms with Gasteiger partial charge in [0, 0.05) is 87.4 Å². The summed E-state index contributed by atoms with van der Waals surface area (Å²) in [6, 6.07) is 144. The fourth-order valence-electron chi connectivity index (χ4n) is 17.6. The van der Waals surface area contributed by atoms with Crippen LogP contribution < -0.4 is 0 Å². The van der Waals surface area contributed by atoms with E-state index in [1.807, 2.05) is 218 Å². The van der Waals surface area contributed by atoms with Crippen molar-refractivity contribution in [2.24, 2.45) is 0 Å².